The Bertz CT molecular complexity index is 161. The van der Waals surface area contributed by atoms with Gasteiger partial charge in [0.1, 0.15) is 0 Å². The van der Waals surface area contributed by atoms with Crippen molar-refractivity contribution in [1.82, 2.24) is 0 Å². The van der Waals surface area contributed by atoms with E-state index in [4.69, 9.17) is 0 Å². The van der Waals surface area contributed by atoms with E-state index in [1.165, 1.54) is 4.94 Å². The first-order chi connectivity index (χ1) is 5.06. The van der Waals surface area contributed by atoms with Gasteiger partial charge in [-0.05, 0) is 4.53 Å². The Morgan fingerprint density at radius 1 is 0.769 bits per heavy atom. The van der Waals surface area contributed by atoms with Crippen LogP contribution in [-0.2, 0) is 4.94 Å². The summed E-state index contributed by atoms with van der Waals surface area (Å²) < 4.78 is 89.3. The second kappa shape index (κ2) is 3.62. The zero-order valence-corrected chi connectivity index (χ0v) is 5.43. The van der Waals surface area contributed by atoms with Crippen LogP contribution in [0.4, 0.5) is 35.3 Å². The third-order valence-electron chi connectivity index (χ3n) is 0.818. The van der Waals surface area contributed by atoms with Gasteiger partial charge in [0, 0.05) is 0 Å². The van der Waals surface area contributed by atoms with E-state index in [0.29, 0.717) is 0 Å². The van der Waals surface area contributed by atoms with Crippen LogP contribution in [0, 0.1) is 0 Å². The number of rotatable bonds is 2. The molecular formula is C3H2F8O2. The second-order valence-electron chi connectivity index (χ2n) is 1.67. The summed E-state index contributed by atoms with van der Waals surface area (Å²) in [7, 11) is 0. The molecule has 2 N–H and O–H groups in total. The molecule has 0 heterocycles. The fourth-order valence-corrected chi connectivity index (χ4v) is 0.213. The van der Waals surface area contributed by atoms with E-state index in [9.17, 15) is 35.3 Å². The summed E-state index contributed by atoms with van der Waals surface area (Å²) in [5.41, 5.74) is 0. The average Bonchev–Trinajstić information content (AvgIpc) is 1.85. The van der Waals surface area contributed by atoms with Crippen molar-refractivity contribution in [3.05, 3.63) is 0 Å². The molecule has 0 aliphatic rings. The van der Waals surface area contributed by atoms with E-state index in [-0.39, 0.29) is 5.48 Å². The first-order valence-electron chi connectivity index (χ1n) is 2.18. The molecule has 0 saturated heterocycles. The van der Waals surface area contributed by atoms with Crippen molar-refractivity contribution in [3.8, 4) is 0 Å². The molecule has 0 aromatic heterocycles. The molecule has 0 amide bonds. The Kier molecular flexibility index (Phi) is 4.13. The highest BCUT2D eigenvalue weighted by Gasteiger charge is 2.75. The Hall–Kier alpha value is -0.640. The summed E-state index contributed by atoms with van der Waals surface area (Å²) >= 11 is 0. The van der Waals surface area contributed by atoms with Crippen LogP contribution in [0.1, 0.15) is 0 Å². The maximum absolute atomic E-state index is 11.5. The van der Waals surface area contributed by atoms with Crippen LogP contribution >= 0.6 is 0 Å². The number of halogens is 8. The van der Waals surface area contributed by atoms with Crippen LogP contribution in [0.2, 0.25) is 0 Å². The molecule has 0 atom stereocenters. The van der Waals surface area contributed by atoms with Gasteiger partial charge in [0.05, 0.1) is 0 Å². The van der Waals surface area contributed by atoms with Crippen LogP contribution in [0.15, 0.2) is 0 Å². The van der Waals surface area contributed by atoms with Crippen molar-refractivity contribution < 1.29 is 45.7 Å². The Morgan fingerprint density at radius 3 is 1.15 bits per heavy atom. The molecule has 10 heteroatoms. The topological polar surface area (TPSA) is 40.7 Å². The third kappa shape index (κ3) is 2.40. The zero-order chi connectivity index (χ0) is 10.2. The highest BCUT2D eigenvalue weighted by Crippen LogP contribution is 2.46. The molecule has 0 radical (unpaired) electrons. The van der Waals surface area contributed by atoms with E-state index in [1.54, 1.807) is 0 Å². The highest BCUT2D eigenvalue weighted by molar-refractivity contribution is 4.83. The van der Waals surface area contributed by atoms with Crippen LogP contribution in [0.25, 0.3) is 0 Å². The van der Waals surface area contributed by atoms with Crippen molar-refractivity contribution in [1.29, 1.82) is 0 Å². The second-order valence-corrected chi connectivity index (χ2v) is 1.67. The lowest BCUT2D eigenvalue weighted by molar-refractivity contribution is -0.471. The minimum Gasteiger partial charge on any atom is -0.412 e. The minimum atomic E-state index is -6.57. The summed E-state index contributed by atoms with van der Waals surface area (Å²) in [5.74, 6) is -6.55. The van der Waals surface area contributed by atoms with Gasteiger partial charge in [-0.15, -0.1) is 4.94 Å². The molecule has 2 nitrogen and oxygen atoms in total. The van der Waals surface area contributed by atoms with Gasteiger partial charge in [-0.25, -0.2) is 0 Å². The molecule has 0 aromatic rings. The number of alkyl halides is 7. The van der Waals surface area contributed by atoms with Gasteiger partial charge in [0.25, 0.3) is 0 Å². The average molecular weight is 222 g/mol. The molecule has 0 unspecified atom stereocenters. The summed E-state index contributed by atoms with van der Waals surface area (Å²) in [4.78, 5) is 1.23. The smallest absolute Gasteiger partial charge is 0.412 e. The first kappa shape index (κ1) is 14.9. The Labute approximate surface area is 65.3 Å². The first-order valence-corrected chi connectivity index (χ1v) is 2.18. The maximum Gasteiger partial charge on any atom is 0.463 e. The quantitative estimate of drug-likeness (QED) is 0.657. The molecule has 0 bridgehead atoms. The van der Waals surface area contributed by atoms with Crippen molar-refractivity contribution in [2.24, 2.45) is 0 Å². The van der Waals surface area contributed by atoms with Crippen molar-refractivity contribution in [3.63, 3.8) is 0 Å². The largest absolute Gasteiger partial charge is 0.463 e. The molecule has 0 aliphatic heterocycles. The Balaban J connectivity index is 0. The summed E-state index contributed by atoms with van der Waals surface area (Å²) in [6, 6.07) is 0. The van der Waals surface area contributed by atoms with Gasteiger partial charge < -0.3 is 5.48 Å². The molecular weight excluding hydrogens is 220 g/mol. The third-order valence-corrected chi connectivity index (χ3v) is 0.818. The lowest BCUT2D eigenvalue weighted by atomic mass is 10.3. The van der Waals surface area contributed by atoms with Gasteiger partial charge >= 0.3 is 18.2 Å². The fraction of sp³-hybridized carbons (Fsp3) is 1.00. The van der Waals surface area contributed by atoms with Crippen LogP contribution in [-0.4, -0.2) is 23.7 Å². The van der Waals surface area contributed by atoms with Gasteiger partial charge in [0.2, 0.25) is 0 Å². The van der Waals surface area contributed by atoms with E-state index < -0.39 is 18.2 Å². The van der Waals surface area contributed by atoms with Crippen molar-refractivity contribution in [2.75, 3.05) is 0 Å². The lowest BCUT2D eigenvalue weighted by Crippen LogP contribution is -2.52. The number of hydrogen-bond acceptors (Lipinski definition) is 1. The van der Waals surface area contributed by atoms with E-state index in [2.05, 4.69) is 0 Å². The molecule has 0 aliphatic carbocycles. The van der Waals surface area contributed by atoms with Crippen molar-refractivity contribution in [2.45, 2.75) is 18.2 Å². The van der Waals surface area contributed by atoms with Gasteiger partial charge in [-0.2, -0.15) is 30.7 Å². The summed E-state index contributed by atoms with van der Waals surface area (Å²) in [5, 5.41) is 0. The molecule has 82 valence electrons. The monoisotopic (exact) mass is 222 g/mol. The molecule has 0 saturated carbocycles. The van der Waals surface area contributed by atoms with E-state index in [0.717, 1.165) is 0 Å². The molecule has 0 spiro atoms. The van der Waals surface area contributed by atoms with Gasteiger partial charge in [0.15, 0.2) is 0 Å². The normalized spacial score (nSPS) is 13.8. The molecule has 0 aromatic carbocycles. The predicted octanol–water partition coefficient (Wildman–Crippen LogP) is 1.85. The minimum absolute atomic E-state index is 0. The number of hydrogen-bond donors (Lipinski definition) is 0. The summed E-state index contributed by atoms with van der Waals surface area (Å²) in [6.07, 6.45) is -12.8. The molecule has 0 rings (SSSR count). The van der Waals surface area contributed by atoms with Crippen molar-refractivity contribution >= 4 is 0 Å². The van der Waals surface area contributed by atoms with E-state index >= 15 is 0 Å². The lowest BCUT2D eigenvalue weighted by Gasteiger charge is -2.23. The predicted molar refractivity (Wildman–Crippen MR) is 21.8 cm³/mol. The van der Waals surface area contributed by atoms with Crippen LogP contribution < -0.4 is 0 Å². The van der Waals surface area contributed by atoms with Gasteiger partial charge in [-0.3, -0.25) is 0 Å². The Morgan fingerprint density at radius 2 is 1.08 bits per heavy atom. The van der Waals surface area contributed by atoms with Crippen LogP contribution in [0.3, 0.4) is 0 Å². The molecule has 0 fully saturated rings. The zero-order valence-electron chi connectivity index (χ0n) is 5.43. The van der Waals surface area contributed by atoms with Crippen LogP contribution in [0.5, 0.6) is 0 Å². The van der Waals surface area contributed by atoms with Gasteiger partial charge in [-0.1, -0.05) is 0 Å². The van der Waals surface area contributed by atoms with E-state index in [1.807, 2.05) is 0 Å². The fourth-order valence-electron chi connectivity index (χ4n) is 0.213. The SMILES string of the molecule is FOC(F)(F)C(F)(F)C(F)(F)F.O. The maximum atomic E-state index is 11.5. The highest BCUT2D eigenvalue weighted by atomic mass is 19.4. The summed E-state index contributed by atoms with van der Waals surface area (Å²) in [6.45, 7) is 0. The standard InChI is InChI=1S/C3F8O.H2O/c4-1(5,2(6,7)8)3(9,10)12-11;/h;1H2. The molecule has 13 heavy (non-hydrogen) atoms.